The maximum absolute atomic E-state index is 13.2. The van der Waals surface area contributed by atoms with Crippen LogP contribution in [0.4, 0.5) is 0 Å². The van der Waals surface area contributed by atoms with Crippen LogP contribution < -0.4 is 11.2 Å². The zero-order valence-corrected chi connectivity index (χ0v) is 18.9. The molecule has 0 atom stereocenters. The van der Waals surface area contributed by atoms with Crippen molar-refractivity contribution in [2.24, 2.45) is 0 Å². The van der Waals surface area contributed by atoms with Crippen molar-refractivity contribution in [3.63, 3.8) is 0 Å². The lowest BCUT2D eigenvalue weighted by atomic mass is 10.2. The van der Waals surface area contributed by atoms with E-state index in [1.165, 1.54) is 0 Å². The smallest absolute Gasteiger partial charge is 0.335 e. The Hall–Kier alpha value is -2.94. The van der Waals surface area contributed by atoms with E-state index in [0.29, 0.717) is 47.5 Å². The normalized spacial score (nSPS) is 14.5. The fourth-order valence-corrected chi connectivity index (χ4v) is 3.94. The number of piperazine rings is 1. The summed E-state index contributed by atoms with van der Waals surface area (Å²) in [5.41, 5.74) is -0.714. The van der Waals surface area contributed by atoms with Crippen molar-refractivity contribution < 1.29 is 4.79 Å². The highest BCUT2D eigenvalue weighted by Crippen LogP contribution is 2.14. The summed E-state index contributed by atoms with van der Waals surface area (Å²) < 4.78 is 2.05. The van der Waals surface area contributed by atoms with E-state index in [-0.39, 0.29) is 12.2 Å². The predicted octanol–water partition coefficient (Wildman–Crippen LogP) is 2.14. The van der Waals surface area contributed by atoms with Gasteiger partial charge in [0.15, 0.2) is 0 Å². The second kappa shape index (κ2) is 9.28. The van der Waals surface area contributed by atoms with Gasteiger partial charge in [-0.15, -0.1) is 0 Å². The highest BCUT2D eigenvalue weighted by Gasteiger charge is 2.27. The first kappa shape index (κ1) is 22.3. The summed E-state index contributed by atoms with van der Waals surface area (Å²) in [7, 11) is 1.97. The molecule has 0 saturated carbocycles. The average molecular weight is 474 g/mol. The van der Waals surface area contributed by atoms with Crippen LogP contribution in [0.25, 0.3) is 5.69 Å². The van der Waals surface area contributed by atoms with E-state index in [9.17, 15) is 14.4 Å². The molecule has 1 aromatic heterocycles. The van der Waals surface area contributed by atoms with Gasteiger partial charge < -0.3 is 9.80 Å². The number of hydrogen-bond acceptors (Lipinski definition) is 5. The van der Waals surface area contributed by atoms with Crippen molar-refractivity contribution in [1.82, 2.24) is 24.1 Å². The molecule has 10 heteroatoms. The van der Waals surface area contributed by atoms with Crippen molar-refractivity contribution in [3.05, 3.63) is 90.7 Å². The Morgan fingerprint density at radius 3 is 2.28 bits per heavy atom. The molecule has 1 aliphatic rings. The van der Waals surface area contributed by atoms with Gasteiger partial charge in [0.05, 0.1) is 12.2 Å². The van der Waals surface area contributed by atoms with Gasteiger partial charge in [-0.25, -0.2) is 4.79 Å². The van der Waals surface area contributed by atoms with Crippen LogP contribution in [0.3, 0.4) is 0 Å². The lowest BCUT2D eigenvalue weighted by molar-refractivity contribution is 0.0652. The second-order valence-corrected chi connectivity index (χ2v) is 8.51. The number of hydrogen-bond donors (Lipinski definition) is 0. The van der Waals surface area contributed by atoms with Crippen molar-refractivity contribution in [1.29, 1.82) is 0 Å². The topological polar surface area (TPSA) is 80.4 Å². The Bertz CT molecular complexity index is 1280. The summed E-state index contributed by atoms with van der Waals surface area (Å²) in [6, 6.07) is 13.4. The molecular weight excluding hydrogens is 453 g/mol. The number of benzene rings is 2. The summed E-state index contributed by atoms with van der Waals surface area (Å²) in [6.07, 6.45) is 0. The van der Waals surface area contributed by atoms with Crippen LogP contribution in [0.2, 0.25) is 10.0 Å². The second-order valence-electron chi connectivity index (χ2n) is 7.64. The summed E-state index contributed by atoms with van der Waals surface area (Å²) in [5, 5.41) is 5.06. The van der Waals surface area contributed by atoms with Crippen LogP contribution in [-0.4, -0.2) is 63.3 Å². The first-order valence-electron chi connectivity index (χ1n) is 10.1. The zero-order valence-electron chi connectivity index (χ0n) is 17.4. The third-order valence-corrected chi connectivity index (χ3v) is 5.81. The molecule has 0 aliphatic carbocycles. The van der Waals surface area contributed by atoms with E-state index in [2.05, 4.69) is 10.00 Å². The van der Waals surface area contributed by atoms with Gasteiger partial charge in [0.1, 0.15) is 0 Å². The monoisotopic (exact) mass is 473 g/mol. The first-order valence-corrected chi connectivity index (χ1v) is 10.8. The predicted molar refractivity (Wildman–Crippen MR) is 123 cm³/mol. The first-order chi connectivity index (χ1) is 15.3. The molecule has 0 radical (unpaired) electrons. The molecule has 0 bridgehead atoms. The Morgan fingerprint density at radius 1 is 0.969 bits per heavy atom. The minimum absolute atomic E-state index is 0.0513. The maximum atomic E-state index is 13.2. The third kappa shape index (κ3) is 4.62. The molecule has 4 rings (SSSR count). The van der Waals surface area contributed by atoms with Crippen molar-refractivity contribution in [3.8, 4) is 5.69 Å². The molecule has 166 valence electrons. The van der Waals surface area contributed by atoms with Crippen molar-refractivity contribution in [2.45, 2.75) is 6.54 Å². The number of aromatic nitrogens is 3. The maximum Gasteiger partial charge on any atom is 0.352 e. The van der Waals surface area contributed by atoms with Crippen LogP contribution >= 0.6 is 23.2 Å². The lowest BCUT2D eigenvalue weighted by Crippen LogP contribution is -2.51. The molecule has 1 amide bonds. The van der Waals surface area contributed by atoms with Crippen LogP contribution in [-0.2, 0) is 6.54 Å². The lowest BCUT2D eigenvalue weighted by Gasteiger charge is -2.32. The molecule has 8 nitrogen and oxygen atoms in total. The number of halogens is 2. The van der Waals surface area contributed by atoms with E-state index in [0.717, 1.165) is 9.25 Å². The van der Waals surface area contributed by atoms with E-state index in [1.54, 1.807) is 53.4 Å². The van der Waals surface area contributed by atoms with Gasteiger partial charge >= 0.3 is 5.69 Å². The van der Waals surface area contributed by atoms with E-state index in [4.69, 9.17) is 23.2 Å². The number of carbonyl (C=O) groups excluding carboxylic acids is 1. The third-order valence-electron chi connectivity index (χ3n) is 5.34. The molecule has 3 aromatic rings. The van der Waals surface area contributed by atoms with E-state index >= 15 is 0 Å². The SMILES string of the molecule is CN1CCN(C(=O)c2nn(-c3cccc(Cl)c3)c(=O)n(Cc3cccc(Cl)c3)c2=O)CC1. The van der Waals surface area contributed by atoms with Gasteiger partial charge in [0, 0.05) is 36.2 Å². The standard InChI is InChI=1S/C22H21Cl2N5O3/c1-26-8-10-27(11-9-26)20(30)19-21(31)28(14-15-4-2-5-16(23)12-15)22(32)29(25-19)18-7-3-6-17(24)13-18/h2-7,12-13H,8-11,14H2,1H3. The van der Waals surface area contributed by atoms with Gasteiger partial charge in [0.2, 0.25) is 5.69 Å². The number of carbonyl (C=O) groups is 1. The van der Waals surface area contributed by atoms with Gasteiger partial charge in [-0.1, -0.05) is 41.4 Å². The minimum atomic E-state index is -0.739. The molecule has 1 aliphatic heterocycles. The molecular formula is C22H21Cl2N5O3. The molecule has 32 heavy (non-hydrogen) atoms. The van der Waals surface area contributed by atoms with Gasteiger partial charge in [-0.05, 0) is 42.9 Å². The Kier molecular flexibility index (Phi) is 6.45. The summed E-state index contributed by atoms with van der Waals surface area (Å²) in [6.45, 7) is 2.28. The van der Waals surface area contributed by atoms with Crippen LogP contribution in [0.15, 0.2) is 58.1 Å². The largest absolute Gasteiger partial charge is 0.352 e. The minimum Gasteiger partial charge on any atom is -0.335 e. The fraction of sp³-hybridized carbons (Fsp3) is 0.273. The molecule has 1 saturated heterocycles. The Labute approximate surface area is 194 Å². The average Bonchev–Trinajstić information content (AvgIpc) is 2.77. The summed E-state index contributed by atoms with van der Waals surface area (Å²) >= 11 is 12.2. The van der Waals surface area contributed by atoms with Gasteiger partial charge in [0.25, 0.3) is 11.5 Å². The van der Waals surface area contributed by atoms with Crippen LogP contribution in [0, 0.1) is 0 Å². The highest BCUT2D eigenvalue weighted by atomic mass is 35.5. The van der Waals surface area contributed by atoms with Crippen LogP contribution in [0.5, 0.6) is 0 Å². The van der Waals surface area contributed by atoms with E-state index in [1.807, 2.05) is 7.05 Å². The van der Waals surface area contributed by atoms with Crippen molar-refractivity contribution >= 4 is 29.1 Å². The van der Waals surface area contributed by atoms with Gasteiger partial charge in [-0.2, -0.15) is 9.78 Å². The number of nitrogens with zero attached hydrogens (tertiary/aromatic N) is 5. The Morgan fingerprint density at radius 2 is 1.62 bits per heavy atom. The molecule has 1 fully saturated rings. The fourth-order valence-electron chi connectivity index (χ4n) is 3.54. The summed E-state index contributed by atoms with van der Waals surface area (Å²) in [5.74, 6) is -0.501. The number of likely N-dealkylation sites (N-methyl/N-ethyl adjacent to an activating group) is 1. The highest BCUT2D eigenvalue weighted by molar-refractivity contribution is 6.31. The molecule has 2 heterocycles. The van der Waals surface area contributed by atoms with Gasteiger partial charge in [-0.3, -0.25) is 14.2 Å². The quantitative estimate of drug-likeness (QED) is 0.579. The number of amides is 1. The molecule has 0 unspecified atom stereocenters. The summed E-state index contributed by atoms with van der Waals surface area (Å²) in [4.78, 5) is 43.4. The Balaban J connectivity index is 1.85. The number of rotatable bonds is 4. The zero-order chi connectivity index (χ0) is 22.8. The van der Waals surface area contributed by atoms with Crippen molar-refractivity contribution in [2.75, 3.05) is 33.2 Å². The molecule has 2 aromatic carbocycles. The van der Waals surface area contributed by atoms with E-state index < -0.39 is 17.2 Å². The van der Waals surface area contributed by atoms with Crippen LogP contribution in [0.1, 0.15) is 16.1 Å². The molecule has 0 N–H and O–H groups in total. The molecule has 0 spiro atoms.